The number of nitrogens with two attached hydrogens (primary N) is 1. The Morgan fingerprint density at radius 3 is 2.59 bits per heavy atom. The average Bonchev–Trinajstić information content (AvgIpc) is 3.02. The number of aromatic nitrogens is 4. The standard InChI is InChI=1S/C16H24N6O3S2/c1-8(2)5-18-14-20-21-16(27-14)26-7-10(23)11-12(17)22(6-9(3)4)15(25)19-13(11)24/h8-9H,5-7,17H2,1-4H3,(H,18,20)(H,19,24,25). The highest BCUT2D eigenvalue weighted by Gasteiger charge is 2.20. The van der Waals surface area contributed by atoms with Gasteiger partial charge in [-0.05, 0) is 11.8 Å². The fraction of sp³-hybridized carbons (Fsp3) is 0.562. The number of anilines is 2. The van der Waals surface area contributed by atoms with Crippen LogP contribution in [0.4, 0.5) is 10.9 Å². The normalized spacial score (nSPS) is 11.3. The molecular weight excluding hydrogens is 388 g/mol. The zero-order valence-corrected chi connectivity index (χ0v) is 17.4. The molecule has 2 rings (SSSR count). The van der Waals surface area contributed by atoms with Crippen LogP contribution in [0, 0.1) is 11.8 Å². The van der Waals surface area contributed by atoms with Gasteiger partial charge in [-0.3, -0.25) is 19.1 Å². The summed E-state index contributed by atoms with van der Waals surface area (Å²) in [6.07, 6.45) is 0. The van der Waals surface area contributed by atoms with Crippen molar-refractivity contribution >= 4 is 39.8 Å². The van der Waals surface area contributed by atoms with Gasteiger partial charge in [0.1, 0.15) is 11.4 Å². The number of hydrogen-bond acceptors (Lipinski definition) is 9. The molecule has 2 heterocycles. The van der Waals surface area contributed by atoms with E-state index in [4.69, 9.17) is 5.73 Å². The summed E-state index contributed by atoms with van der Waals surface area (Å²) in [6, 6.07) is 0. The van der Waals surface area contributed by atoms with Gasteiger partial charge in [-0.15, -0.1) is 10.2 Å². The van der Waals surface area contributed by atoms with Crippen LogP contribution in [-0.4, -0.2) is 37.8 Å². The number of hydrogen-bond donors (Lipinski definition) is 3. The highest BCUT2D eigenvalue weighted by atomic mass is 32.2. The van der Waals surface area contributed by atoms with E-state index < -0.39 is 17.0 Å². The zero-order valence-electron chi connectivity index (χ0n) is 15.7. The Balaban J connectivity index is 2.12. The largest absolute Gasteiger partial charge is 0.384 e. The number of carbonyl (C=O) groups excluding carboxylic acids is 1. The first-order valence-corrected chi connectivity index (χ1v) is 10.3. The molecule has 4 N–H and O–H groups in total. The quantitative estimate of drug-likeness (QED) is 0.418. The summed E-state index contributed by atoms with van der Waals surface area (Å²) in [7, 11) is 0. The van der Waals surface area contributed by atoms with E-state index in [0.29, 0.717) is 21.9 Å². The SMILES string of the molecule is CC(C)CNc1nnc(SCC(=O)c2c(N)n(CC(C)C)c(=O)[nH]c2=O)s1. The topological polar surface area (TPSA) is 136 Å². The van der Waals surface area contributed by atoms with Crippen LogP contribution in [-0.2, 0) is 6.54 Å². The number of nitrogens with one attached hydrogen (secondary N) is 2. The summed E-state index contributed by atoms with van der Waals surface area (Å²) < 4.78 is 1.84. The molecule has 0 aliphatic heterocycles. The van der Waals surface area contributed by atoms with Crippen molar-refractivity contribution in [3.8, 4) is 0 Å². The molecule has 2 aromatic heterocycles. The minimum absolute atomic E-state index is 0.0218. The van der Waals surface area contributed by atoms with Crippen LogP contribution in [0.1, 0.15) is 38.1 Å². The van der Waals surface area contributed by atoms with Crippen LogP contribution in [0.5, 0.6) is 0 Å². The van der Waals surface area contributed by atoms with E-state index in [1.807, 2.05) is 13.8 Å². The van der Waals surface area contributed by atoms with Crippen molar-refractivity contribution in [2.24, 2.45) is 11.8 Å². The number of thioether (sulfide) groups is 1. The molecule has 0 spiro atoms. The lowest BCUT2D eigenvalue weighted by molar-refractivity contribution is 0.102. The van der Waals surface area contributed by atoms with Gasteiger partial charge in [0.05, 0.1) is 5.75 Å². The number of H-pyrrole nitrogens is 1. The second kappa shape index (κ2) is 9.18. The summed E-state index contributed by atoms with van der Waals surface area (Å²) in [4.78, 5) is 38.7. The van der Waals surface area contributed by atoms with E-state index in [9.17, 15) is 14.4 Å². The fourth-order valence-corrected chi connectivity index (χ4v) is 3.87. The average molecular weight is 413 g/mol. The van der Waals surface area contributed by atoms with Crippen molar-refractivity contribution in [2.75, 3.05) is 23.3 Å². The van der Waals surface area contributed by atoms with Gasteiger partial charge in [-0.25, -0.2) is 4.79 Å². The number of nitrogen functional groups attached to an aromatic ring is 1. The first-order chi connectivity index (χ1) is 12.7. The molecule has 0 unspecified atom stereocenters. The van der Waals surface area contributed by atoms with E-state index in [-0.39, 0.29) is 23.1 Å². The number of nitrogens with zero attached hydrogens (tertiary/aromatic N) is 3. The predicted octanol–water partition coefficient (Wildman–Crippen LogP) is 1.67. The van der Waals surface area contributed by atoms with Gasteiger partial charge in [-0.1, -0.05) is 50.8 Å². The second-order valence-corrected chi connectivity index (χ2v) is 9.08. The zero-order chi connectivity index (χ0) is 20.1. The number of aromatic amines is 1. The molecule has 0 aromatic carbocycles. The molecule has 0 radical (unpaired) electrons. The van der Waals surface area contributed by atoms with Crippen LogP contribution in [0.3, 0.4) is 0 Å². The summed E-state index contributed by atoms with van der Waals surface area (Å²) >= 11 is 2.52. The minimum atomic E-state index is -0.764. The Bertz CT molecular complexity index is 916. The first-order valence-electron chi connectivity index (χ1n) is 8.55. The maximum atomic E-state index is 12.5. The lowest BCUT2D eigenvalue weighted by Gasteiger charge is -2.13. The van der Waals surface area contributed by atoms with Gasteiger partial charge in [0.2, 0.25) is 5.13 Å². The van der Waals surface area contributed by atoms with Gasteiger partial charge in [0.25, 0.3) is 5.56 Å². The van der Waals surface area contributed by atoms with Gasteiger partial charge < -0.3 is 11.1 Å². The van der Waals surface area contributed by atoms with Crippen molar-refractivity contribution < 1.29 is 4.79 Å². The Kier molecular flexibility index (Phi) is 7.19. The molecule has 0 atom stereocenters. The third kappa shape index (κ3) is 5.67. The molecule has 2 aromatic rings. The monoisotopic (exact) mass is 412 g/mol. The molecule has 0 aliphatic rings. The Hall–Kier alpha value is -2.14. The van der Waals surface area contributed by atoms with Crippen LogP contribution in [0.2, 0.25) is 0 Å². The third-order valence-corrected chi connectivity index (χ3v) is 5.48. The van der Waals surface area contributed by atoms with Crippen molar-refractivity contribution in [1.82, 2.24) is 19.7 Å². The number of carbonyl (C=O) groups is 1. The third-order valence-electron chi connectivity index (χ3n) is 3.46. The molecule has 148 valence electrons. The summed E-state index contributed by atoms with van der Waals surface area (Å²) in [5.74, 6) is 0.0309. The maximum Gasteiger partial charge on any atom is 0.329 e. The highest BCUT2D eigenvalue weighted by molar-refractivity contribution is 8.01. The Morgan fingerprint density at radius 2 is 1.96 bits per heavy atom. The molecule has 27 heavy (non-hydrogen) atoms. The molecule has 0 saturated heterocycles. The first kappa shape index (κ1) is 21.2. The van der Waals surface area contributed by atoms with E-state index >= 15 is 0 Å². The van der Waals surface area contributed by atoms with Crippen LogP contribution in [0.15, 0.2) is 13.9 Å². The van der Waals surface area contributed by atoms with Crippen molar-refractivity contribution in [3.63, 3.8) is 0 Å². The van der Waals surface area contributed by atoms with E-state index in [1.54, 1.807) is 0 Å². The second-order valence-electron chi connectivity index (χ2n) is 6.88. The summed E-state index contributed by atoms with van der Waals surface area (Å²) in [6.45, 7) is 9.09. The molecule has 0 fully saturated rings. The van der Waals surface area contributed by atoms with E-state index in [2.05, 4.69) is 34.3 Å². The maximum absolute atomic E-state index is 12.5. The van der Waals surface area contributed by atoms with Crippen molar-refractivity contribution in [3.05, 3.63) is 26.4 Å². The molecule has 0 amide bonds. The Labute approximate surface area is 164 Å². The predicted molar refractivity (Wildman–Crippen MR) is 109 cm³/mol. The van der Waals surface area contributed by atoms with Gasteiger partial charge in [0.15, 0.2) is 10.1 Å². The number of Topliss-reactive ketones (excluding diaryl/α,β-unsaturated/α-hetero) is 1. The van der Waals surface area contributed by atoms with Gasteiger partial charge in [-0.2, -0.15) is 0 Å². The molecule has 9 nitrogen and oxygen atoms in total. The molecule has 0 bridgehead atoms. The lowest BCUT2D eigenvalue weighted by Crippen LogP contribution is -2.37. The van der Waals surface area contributed by atoms with Crippen molar-refractivity contribution in [2.45, 2.75) is 38.6 Å². The highest BCUT2D eigenvalue weighted by Crippen LogP contribution is 2.26. The molecular formula is C16H24N6O3S2. The van der Waals surface area contributed by atoms with Crippen LogP contribution < -0.4 is 22.3 Å². The lowest BCUT2D eigenvalue weighted by atomic mass is 10.2. The van der Waals surface area contributed by atoms with Crippen molar-refractivity contribution in [1.29, 1.82) is 0 Å². The van der Waals surface area contributed by atoms with Crippen LogP contribution in [0.25, 0.3) is 0 Å². The summed E-state index contributed by atoms with van der Waals surface area (Å²) in [5.41, 5.74) is 4.39. The molecule has 0 saturated carbocycles. The molecule has 11 heteroatoms. The summed E-state index contributed by atoms with van der Waals surface area (Å²) in [5, 5.41) is 11.9. The number of rotatable bonds is 9. The number of ketones is 1. The van der Waals surface area contributed by atoms with Crippen LogP contribution >= 0.6 is 23.1 Å². The molecule has 0 aliphatic carbocycles. The van der Waals surface area contributed by atoms with E-state index in [0.717, 1.165) is 6.54 Å². The van der Waals surface area contributed by atoms with Gasteiger partial charge in [0, 0.05) is 13.1 Å². The van der Waals surface area contributed by atoms with E-state index in [1.165, 1.54) is 27.7 Å². The minimum Gasteiger partial charge on any atom is -0.384 e. The Morgan fingerprint density at radius 1 is 1.26 bits per heavy atom. The van der Waals surface area contributed by atoms with Gasteiger partial charge >= 0.3 is 5.69 Å². The fourth-order valence-electron chi connectivity index (χ4n) is 2.23. The smallest absolute Gasteiger partial charge is 0.329 e.